The number of carbonyl (C=O) groups excluding carboxylic acids is 1. The predicted molar refractivity (Wildman–Crippen MR) is 129 cm³/mol. The van der Waals surface area contributed by atoms with Gasteiger partial charge in [0.25, 0.3) is 5.69 Å². The lowest BCUT2D eigenvalue weighted by molar-refractivity contribution is -0.384. The van der Waals surface area contributed by atoms with Crippen molar-refractivity contribution in [3.05, 3.63) is 109 Å². The number of nitriles is 1. The first kappa shape index (κ1) is 25.0. The number of dihydropyridines is 1. The van der Waals surface area contributed by atoms with E-state index in [4.69, 9.17) is 10.3 Å². The Bertz CT molecular complexity index is 1270. The van der Waals surface area contributed by atoms with Crippen LogP contribution in [0, 0.1) is 21.4 Å². The van der Waals surface area contributed by atoms with E-state index in [2.05, 4.69) is 21.4 Å². The summed E-state index contributed by atoms with van der Waals surface area (Å²) in [4.78, 5) is 27.0. The molecule has 1 aliphatic heterocycles. The third kappa shape index (κ3) is 5.66. The Labute approximate surface area is 202 Å². The van der Waals surface area contributed by atoms with Gasteiger partial charge in [-0.25, -0.2) is 4.79 Å². The van der Waals surface area contributed by atoms with E-state index in [0.29, 0.717) is 29.8 Å². The Hall–Kier alpha value is -4.61. The zero-order valence-electron chi connectivity index (χ0n) is 19.3. The van der Waals surface area contributed by atoms with Gasteiger partial charge in [0, 0.05) is 28.4 Å². The molecule has 2 atom stereocenters. The molecule has 0 saturated carbocycles. The molecule has 10 heteroatoms. The number of esters is 1. The summed E-state index contributed by atoms with van der Waals surface area (Å²) in [5, 5.41) is 28.4. The summed E-state index contributed by atoms with van der Waals surface area (Å²) in [5.74, 6) is -1.46. The van der Waals surface area contributed by atoms with Gasteiger partial charge in [0.05, 0.1) is 40.7 Å². The van der Waals surface area contributed by atoms with Crippen LogP contribution in [0.4, 0.5) is 5.69 Å². The Morgan fingerprint density at radius 1 is 1.31 bits per heavy atom. The molecule has 1 aliphatic rings. The summed E-state index contributed by atoms with van der Waals surface area (Å²) in [6.45, 7) is 3.51. The molecule has 0 amide bonds. The van der Waals surface area contributed by atoms with Crippen molar-refractivity contribution < 1.29 is 14.5 Å². The summed E-state index contributed by atoms with van der Waals surface area (Å²) >= 11 is 0. The molecule has 178 valence electrons. The maximum atomic E-state index is 13.2. The van der Waals surface area contributed by atoms with Crippen molar-refractivity contribution >= 4 is 11.7 Å². The number of hydrogen-bond acceptors (Lipinski definition) is 7. The largest absolute Gasteiger partial charge is 0.463 e. The number of benzene rings is 2. The number of non-ortho nitro benzene ring substituents is 1. The van der Waals surface area contributed by atoms with Gasteiger partial charge in [-0.15, -0.1) is 0 Å². The van der Waals surface area contributed by atoms with Gasteiger partial charge in [-0.05, 0) is 43.3 Å². The molecule has 2 aromatic rings. The van der Waals surface area contributed by atoms with Crippen LogP contribution in [0.25, 0.3) is 10.4 Å². The minimum absolute atomic E-state index is 0.118. The molecule has 1 N–H and O–H groups in total. The summed E-state index contributed by atoms with van der Waals surface area (Å²) in [5.41, 5.74) is 11.7. The number of carbonyl (C=O) groups is 1. The second kappa shape index (κ2) is 11.5. The Kier molecular flexibility index (Phi) is 8.22. The van der Waals surface area contributed by atoms with Crippen molar-refractivity contribution in [2.24, 2.45) is 5.11 Å². The first-order valence-corrected chi connectivity index (χ1v) is 11.0. The molecule has 0 fully saturated rings. The smallest absolute Gasteiger partial charge is 0.336 e. The number of ether oxygens (including phenoxy) is 1. The van der Waals surface area contributed by atoms with E-state index in [0.717, 1.165) is 5.56 Å². The van der Waals surface area contributed by atoms with Gasteiger partial charge >= 0.3 is 5.97 Å². The summed E-state index contributed by atoms with van der Waals surface area (Å²) in [7, 11) is 0. The second-order valence-electron chi connectivity index (χ2n) is 7.84. The SMILES string of the molecule is CCOC(=O)C1=C(CCC(N=[N+]=[N-])c2ccccc2)NC(C)=C(C#N)C1c1cccc([N+](=O)[O-])c1. The molecule has 3 rings (SSSR count). The van der Waals surface area contributed by atoms with E-state index < -0.39 is 22.9 Å². The average molecular weight is 473 g/mol. The van der Waals surface area contributed by atoms with E-state index >= 15 is 0 Å². The molecule has 10 nitrogen and oxygen atoms in total. The van der Waals surface area contributed by atoms with Crippen LogP contribution >= 0.6 is 0 Å². The molecular formula is C25H24N6O4. The van der Waals surface area contributed by atoms with E-state index in [-0.39, 0.29) is 23.4 Å². The molecule has 1 heterocycles. The fourth-order valence-electron chi connectivity index (χ4n) is 4.15. The van der Waals surface area contributed by atoms with E-state index in [1.54, 1.807) is 19.9 Å². The lowest BCUT2D eigenvalue weighted by atomic mass is 9.80. The lowest BCUT2D eigenvalue weighted by Crippen LogP contribution is -2.30. The minimum atomic E-state index is -0.843. The van der Waals surface area contributed by atoms with Crippen LogP contribution in [0.2, 0.25) is 0 Å². The van der Waals surface area contributed by atoms with Crippen LogP contribution in [0.1, 0.15) is 49.8 Å². The maximum absolute atomic E-state index is 13.2. The maximum Gasteiger partial charge on any atom is 0.336 e. The first-order chi connectivity index (χ1) is 16.9. The van der Waals surface area contributed by atoms with Crippen molar-refractivity contribution in [2.45, 2.75) is 38.6 Å². The molecule has 35 heavy (non-hydrogen) atoms. The Morgan fingerprint density at radius 3 is 2.69 bits per heavy atom. The fourth-order valence-corrected chi connectivity index (χ4v) is 4.15. The summed E-state index contributed by atoms with van der Waals surface area (Å²) in [6, 6.07) is 16.8. The Balaban J connectivity index is 2.10. The number of nitro groups is 1. The molecule has 0 bridgehead atoms. The molecular weight excluding hydrogens is 448 g/mol. The highest BCUT2D eigenvalue weighted by Crippen LogP contribution is 2.41. The number of azide groups is 1. The van der Waals surface area contributed by atoms with Crippen molar-refractivity contribution in [1.82, 2.24) is 5.32 Å². The molecule has 0 radical (unpaired) electrons. The normalized spacial score (nSPS) is 16.0. The van der Waals surface area contributed by atoms with Crippen molar-refractivity contribution in [3.63, 3.8) is 0 Å². The van der Waals surface area contributed by atoms with Gasteiger partial charge in [-0.2, -0.15) is 5.26 Å². The molecule has 2 unspecified atom stereocenters. The van der Waals surface area contributed by atoms with Crippen molar-refractivity contribution in [2.75, 3.05) is 6.61 Å². The minimum Gasteiger partial charge on any atom is -0.463 e. The van der Waals surface area contributed by atoms with Crippen LogP contribution in [0.5, 0.6) is 0 Å². The second-order valence-corrected chi connectivity index (χ2v) is 7.84. The highest BCUT2D eigenvalue weighted by atomic mass is 16.6. The predicted octanol–water partition coefficient (Wildman–Crippen LogP) is 5.73. The van der Waals surface area contributed by atoms with Crippen molar-refractivity contribution in [3.8, 4) is 6.07 Å². The third-order valence-corrected chi connectivity index (χ3v) is 5.72. The van der Waals surface area contributed by atoms with E-state index in [1.165, 1.54) is 18.2 Å². The van der Waals surface area contributed by atoms with E-state index in [1.807, 2.05) is 30.3 Å². The van der Waals surface area contributed by atoms with Gasteiger partial charge in [0.15, 0.2) is 0 Å². The topological polar surface area (TPSA) is 154 Å². The molecule has 0 aliphatic carbocycles. The van der Waals surface area contributed by atoms with Crippen LogP contribution in [-0.4, -0.2) is 17.5 Å². The van der Waals surface area contributed by atoms with Crippen LogP contribution < -0.4 is 5.32 Å². The summed E-state index contributed by atoms with van der Waals surface area (Å²) < 4.78 is 5.32. The van der Waals surface area contributed by atoms with Gasteiger partial charge < -0.3 is 10.1 Å². The zero-order valence-corrected chi connectivity index (χ0v) is 19.3. The fraction of sp³-hybridized carbons (Fsp3) is 0.280. The number of rotatable bonds is 9. The average Bonchev–Trinajstić information content (AvgIpc) is 2.86. The van der Waals surface area contributed by atoms with Crippen LogP contribution in [0.3, 0.4) is 0 Å². The highest BCUT2D eigenvalue weighted by molar-refractivity contribution is 5.93. The molecule has 0 spiro atoms. The number of nitrogens with zero attached hydrogens (tertiary/aromatic N) is 5. The van der Waals surface area contributed by atoms with E-state index in [9.17, 15) is 20.2 Å². The van der Waals surface area contributed by atoms with Gasteiger partial charge in [0.2, 0.25) is 0 Å². The summed E-state index contributed by atoms with van der Waals surface area (Å²) in [6.07, 6.45) is 0.699. The van der Waals surface area contributed by atoms with Gasteiger partial charge in [-0.1, -0.05) is 47.6 Å². The molecule has 2 aromatic carbocycles. The van der Waals surface area contributed by atoms with Gasteiger partial charge in [-0.3, -0.25) is 10.1 Å². The number of hydrogen-bond donors (Lipinski definition) is 1. The quantitative estimate of drug-likeness (QED) is 0.123. The lowest BCUT2D eigenvalue weighted by Gasteiger charge is -2.30. The standard InChI is InChI=1S/C25H24N6O4/c1-3-35-25(32)24-22(13-12-21(29-30-27)17-8-5-4-6-9-17)28-16(2)20(15-26)23(24)18-10-7-11-19(14-18)31(33)34/h4-11,14,21,23,28H,3,12-13H2,1-2H3. The number of nitrogens with one attached hydrogen (secondary N) is 1. The Morgan fingerprint density at radius 2 is 2.06 bits per heavy atom. The molecule has 0 saturated heterocycles. The van der Waals surface area contributed by atoms with Gasteiger partial charge in [0.1, 0.15) is 0 Å². The number of nitro benzene ring substituents is 1. The van der Waals surface area contributed by atoms with Crippen molar-refractivity contribution in [1.29, 1.82) is 5.26 Å². The zero-order chi connectivity index (χ0) is 25.4. The molecule has 0 aromatic heterocycles. The highest BCUT2D eigenvalue weighted by Gasteiger charge is 2.36. The monoisotopic (exact) mass is 472 g/mol. The van der Waals surface area contributed by atoms with Crippen LogP contribution in [-0.2, 0) is 9.53 Å². The van der Waals surface area contributed by atoms with Crippen LogP contribution in [0.15, 0.2) is 82.3 Å². The third-order valence-electron chi connectivity index (χ3n) is 5.72. The number of allylic oxidation sites excluding steroid dienone is 3. The first-order valence-electron chi connectivity index (χ1n) is 11.0.